The molecule has 0 unspecified atom stereocenters. The fraction of sp³-hybridized carbons (Fsp3) is 0.583. The Morgan fingerprint density at radius 1 is 1.29 bits per heavy atom. The maximum Gasteiger partial charge on any atom is 0.0432 e. The second-order valence-corrected chi connectivity index (χ2v) is 4.28. The van der Waals surface area contributed by atoms with E-state index in [0.717, 1.165) is 6.54 Å². The predicted molar refractivity (Wildman–Crippen MR) is 60.3 cm³/mol. The van der Waals surface area contributed by atoms with Crippen molar-refractivity contribution in [3.8, 4) is 0 Å². The SMILES string of the molecule is CC(C)NCc1ccnc(C(C)C)c1. The second-order valence-electron chi connectivity index (χ2n) is 4.28. The van der Waals surface area contributed by atoms with Gasteiger partial charge in [-0.15, -0.1) is 0 Å². The molecule has 0 spiro atoms. The van der Waals surface area contributed by atoms with Crippen molar-refractivity contribution in [3.05, 3.63) is 29.6 Å². The maximum absolute atomic E-state index is 4.34. The van der Waals surface area contributed by atoms with Gasteiger partial charge < -0.3 is 5.32 Å². The van der Waals surface area contributed by atoms with E-state index in [4.69, 9.17) is 0 Å². The van der Waals surface area contributed by atoms with E-state index in [1.807, 2.05) is 6.20 Å². The first-order valence-electron chi connectivity index (χ1n) is 5.28. The average molecular weight is 192 g/mol. The van der Waals surface area contributed by atoms with Crippen LogP contribution in [0.3, 0.4) is 0 Å². The Morgan fingerprint density at radius 2 is 2.00 bits per heavy atom. The lowest BCUT2D eigenvalue weighted by molar-refractivity contribution is 0.587. The molecule has 0 fully saturated rings. The number of aromatic nitrogens is 1. The number of nitrogens with zero attached hydrogens (tertiary/aromatic N) is 1. The van der Waals surface area contributed by atoms with Gasteiger partial charge in [-0.2, -0.15) is 0 Å². The molecule has 0 saturated heterocycles. The van der Waals surface area contributed by atoms with Crippen molar-refractivity contribution in [1.29, 1.82) is 0 Å². The van der Waals surface area contributed by atoms with Gasteiger partial charge in [0.25, 0.3) is 0 Å². The lowest BCUT2D eigenvalue weighted by Gasteiger charge is -2.10. The Kier molecular flexibility index (Phi) is 4.08. The van der Waals surface area contributed by atoms with Gasteiger partial charge in [-0.05, 0) is 23.6 Å². The van der Waals surface area contributed by atoms with Crippen molar-refractivity contribution < 1.29 is 0 Å². The summed E-state index contributed by atoms with van der Waals surface area (Å²) in [6.45, 7) is 9.58. The minimum atomic E-state index is 0.508. The maximum atomic E-state index is 4.34. The largest absolute Gasteiger partial charge is 0.310 e. The van der Waals surface area contributed by atoms with E-state index in [0.29, 0.717) is 12.0 Å². The number of hydrogen-bond acceptors (Lipinski definition) is 2. The normalized spacial score (nSPS) is 11.3. The molecule has 0 bridgehead atoms. The van der Waals surface area contributed by atoms with Gasteiger partial charge in [0, 0.05) is 24.5 Å². The predicted octanol–water partition coefficient (Wildman–Crippen LogP) is 2.70. The molecule has 0 atom stereocenters. The molecule has 1 rings (SSSR count). The van der Waals surface area contributed by atoms with Gasteiger partial charge in [-0.25, -0.2) is 0 Å². The monoisotopic (exact) mass is 192 g/mol. The minimum Gasteiger partial charge on any atom is -0.310 e. The highest BCUT2D eigenvalue weighted by Crippen LogP contribution is 2.12. The molecular formula is C12H20N2. The quantitative estimate of drug-likeness (QED) is 0.793. The highest BCUT2D eigenvalue weighted by Gasteiger charge is 2.01. The van der Waals surface area contributed by atoms with E-state index in [1.54, 1.807) is 0 Å². The van der Waals surface area contributed by atoms with E-state index >= 15 is 0 Å². The summed E-state index contributed by atoms with van der Waals surface area (Å²) in [7, 11) is 0. The first-order chi connectivity index (χ1) is 6.59. The minimum absolute atomic E-state index is 0.508. The molecule has 2 nitrogen and oxygen atoms in total. The van der Waals surface area contributed by atoms with Crippen LogP contribution in [0.15, 0.2) is 18.3 Å². The van der Waals surface area contributed by atoms with Crippen LogP contribution in [0.2, 0.25) is 0 Å². The molecule has 0 aliphatic rings. The zero-order valence-corrected chi connectivity index (χ0v) is 9.54. The molecule has 0 aromatic carbocycles. The molecule has 1 aromatic rings. The van der Waals surface area contributed by atoms with Gasteiger partial charge in [-0.1, -0.05) is 27.7 Å². The molecule has 1 aromatic heterocycles. The van der Waals surface area contributed by atoms with Gasteiger partial charge in [-0.3, -0.25) is 4.98 Å². The molecule has 1 N–H and O–H groups in total. The topological polar surface area (TPSA) is 24.9 Å². The second kappa shape index (κ2) is 5.11. The fourth-order valence-electron chi connectivity index (χ4n) is 1.24. The van der Waals surface area contributed by atoms with E-state index < -0.39 is 0 Å². The fourth-order valence-corrected chi connectivity index (χ4v) is 1.24. The zero-order chi connectivity index (χ0) is 10.6. The average Bonchev–Trinajstić information content (AvgIpc) is 2.15. The van der Waals surface area contributed by atoms with Gasteiger partial charge >= 0.3 is 0 Å². The summed E-state index contributed by atoms with van der Waals surface area (Å²) in [5, 5.41) is 3.40. The molecule has 0 aliphatic carbocycles. The van der Waals surface area contributed by atoms with Crippen LogP contribution in [0.25, 0.3) is 0 Å². The molecule has 0 amide bonds. The lowest BCUT2D eigenvalue weighted by Crippen LogP contribution is -2.21. The molecule has 0 saturated carbocycles. The zero-order valence-electron chi connectivity index (χ0n) is 9.54. The van der Waals surface area contributed by atoms with E-state index in [1.165, 1.54) is 11.3 Å². The first-order valence-corrected chi connectivity index (χ1v) is 5.28. The van der Waals surface area contributed by atoms with Crippen LogP contribution in [-0.4, -0.2) is 11.0 Å². The first kappa shape index (κ1) is 11.2. The van der Waals surface area contributed by atoms with Crippen molar-refractivity contribution in [2.75, 3.05) is 0 Å². The summed E-state index contributed by atoms with van der Waals surface area (Å²) in [4.78, 5) is 4.34. The summed E-state index contributed by atoms with van der Waals surface area (Å²) >= 11 is 0. The molecule has 1 heterocycles. The molecule has 14 heavy (non-hydrogen) atoms. The summed E-state index contributed by atoms with van der Waals surface area (Å²) < 4.78 is 0. The van der Waals surface area contributed by atoms with Crippen LogP contribution in [0.5, 0.6) is 0 Å². The van der Waals surface area contributed by atoms with E-state index in [2.05, 4.69) is 50.1 Å². The number of rotatable bonds is 4. The Bertz CT molecular complexity index is 279. The van der Waals surface area contributed by atoms with E-state index in [9.17, 15) is 0 Å². The van der Waals surface area contributed by atoms with E-state index in [-0.39, 0.29) is 0 Å². The van der Waals surface area contributed by atoms with Crippen molar-refractivity contribution in [2.24, 2.45) is 0 Å². The third-order valence-corrected chi connectivity index (χ3v) is 2.15. The van der Waals surface area contributed by atoms with Crippen molar-refractivity contribution in [1.82, 2.24) is 10.3 Å². The number of pyridine rings is 1. The van der Waals surface area contributed by atoms with Crippen LogP contribution >= 0.6 is 0 Å². The summed E-state index contributed by atoms with van der Waals surface area (Å²) in [5.74, 6) is 0.508. The molecule has 0 radical (unpaired) electrons. The summed E-state index contributed by atoms with van der Waals surface area (Å²) in [6, 6.07) is 4.78. The van der Waals surface area contributed by atoms with Crippen LogP contribution in [0.4, 0.5) is 0 Å². The number of nitrogens with one attached hydrogen (secondary N) is 1. The third kappa shape index (κ3) is 3.46. The summed E-state index contributed by atoms with van der Waals surface area (Å²) in [5.41, 5.74) is 2.49. The van der Waals surface area contributed by atoms with Crippen molar-refractivity contribution in [2.45, 2.75) is 46.2 Å². The van der Waals surface area contributed by atoms with Crippen LogP contribution in [0, 0.1) is 0 Å². The lowest BCUT2D eigenvalue weighted by atomic mass is 10.1. The van der Waals surface area contributed by atoms with Gasteiger partial charge in [0.05, 0.1) is 0 Å². The van der Waals surface area contributed by atoms with Crippen LogP contribution < -0.4 is 5.32 Å². The smallest absolute Gasteiger partial charge is 0.0432 e. The Hall–Kier alpha value is -0.890. The Morgan fingerprint density at radius 3 is 2.57 bits per heavy atom. The van der Waals surface area contributed by atoms with Gasteiger partial charge in [0.2, 0.25) is 0 Å². The van der Waals surface area contributed by atoms with Crippen LogP contribution in [0.1, 0.15) is 44.9 Å². The highest BCUT2D eigenvalue weighted by atomic mass is 14.9. The molecule has 78 valence electrons. The van der Waals surface area contributed by atoms with Crippen molar-refractivity contribution >= 4 is 0 Å². The van der Waals surface area contributed by atoms with Gasteiger partial charge in [0.1, 0.15) is 0 Å². The molecule has 0 aliphatic heterocycles. The number of hydrogen-bond donors (Lipinski definition) is 1. The molecule has 2 heteroatoms. The van der Waals surface area contributed by atoms with Gasteiger partial charge in [0.15, 0.2) is 0 Å². The van der Waals surface area contributed by atoms with Crippen LogP contribution in [-0.2, 0) is 6.54 Å². The molecular weight excluding hydrogens is 172 g/mol. The third-order valence-electron chi connectivity index (χ3n) is 2.15. The van der Waals surface area contributed by atoms with Crippen molar-refractivity contribution in [3.63, 3.8) is 0 Å². The standard InChI is InChI=1S/C12H20N2/c1-9(2)12-7-11(5-6-13-12)8-14-10(3)4/h5-7,9-10,14H,8H2,1-4H3. The Balaban J connectivity index is 2.64. The Labute approximate surface area is 86.8 Å². The highest BCUT2D eigenvalue weighted by molar-refractivity contribution is 5.18. The summed E-state index contributed by atoms with van der Waals surface area (Å²) in [6.07, 6.45) is 1.90.